The van der Waals surface area contributed by atoms with Crippen LogP contribution < -0.4 is 11.1 Å². The van der Waals surface area contributed by atoms with E-state index in [-0.39, 0.29) is 12.5 Å². The van der Waals surface area contributed by atoms with Crippen molar-refractivity contribution in [2.45, 2.75) is 6.54 Å². The molecule has 3 N–H and O–H groups in total. The normalized spacial score (nSPS) is 10.6. The minimum atomic E-state index is -0.362. The van der Waals surface area contributed by atoms with Gasteiger partial charge in [-0.25, -0.2) is 0 Å². The molecule has 0 bridgehead atoms. The predicted octanol–water partition coefficient (Wildman–Crippen LogP) is 1.57. The Balaban J connectivity index is 2.28. The number of benzene rings is 1. The van der Waals surface area contributed by atoms with Gasteiger partial charge in [0.2, 0.25) is 5.91 Å². The summed E-state index contributed by atoms with van der Waals surface area (Å²) >= 11 is 3.49. The average molecular weight is 294 g/mol. The number of nitrogens with zero attached hydrogens (tertiary/aromatic N) is 1. The second kappa shape index (κ2) is 5.25. The number of primary amides is 1. The second-order valence-corrected chi connectivity index (χ2v) is 4.53. The van der Waals surface area contributed by atoms with E-state index in [4.69, 9.17) is 5.73 Å². The largest absolute Gasteiger partial charge is 0.369 e. The molecule has 0 saturated carbocycles. The maximum atomic E-state index is 10.6. The van der Waals surface area contributed by atoms with E-state index in [2.05, 4.69) is 26.2 Å². The van der Waals surface area contributed by atoms with Crippen LogP contribution in [0.2, 0.25) is 0 Å². The van der Waals surface area contributed by atoms with Crippen LogP contribution in [0, 0.1) is 0 Å². The van der Waals surface area contributed by atoms with E-state index < -0.39 is 0 Å². The van der Waals surface area contributed by atoms with Gasteiger partial charge < -0.3 is 11.1 Å². The lowest BCUT2D eigenvalue weighted by Gasteiger charge is -2.07. The molecule has 0 aliphatic heterocycles. The van der Waals surface area contributed by atoms with Crippen molar-refractivity contribution < 1.29 is 4.79 Å². The summed E-state index contributed by atoms with van der Waals surface area (Å²) in [5, 5.41) is 4.04. The lowest BCUT2D eigenvalue weighted by molar-refractivity contribution is -0.117. The Hall–Kier alpha value is -1.46. The molecule has 17 heavy (non-hydrogen) atoms. The molecule has 0 aliphatic rings. The number of hydrogen-bond donors (Lipinski definition) is 2. The molecule has 2 aromatic rings. The first kappa shape index (κ1) is 12.0. The van der Waals surface area contributed by atoms with Crippen molar-refractivity contribution in [1.82, 2.24) is 10.3 Å². The van der Waals surface area contributed by atoms with Crippen molar-refractivity contribution in [3.05, 3.63) is 40.5 Å². The summed E-state index contributed by atoms with van der Waals surface area (Å²) < 4.78 is 1.01. The van der Waals surface area contributed by atoms with Gasteiger partial charge in [-0.3, -0.25) is 9.78 Å². The molecule has 1 aromatic heterocycles. The van der Waals surface area contributed by atoms with E-state index in [1.807, 2.05) is 24.3 Å². The molecule has 0 unspecified atom stereocenters. The number of amides is 1. The topological polar surface area (TPSA) is 68.0 Å². The summed E-state index contributed by atoms with van der Waals surface area (Å²) in [6.45, 7) is 0.744. The lowest BCUT2D eigenvalue weighted by atomic mass is 10.1. The van der Waals surface area contributed by atoms with Gasteiger partial charge in [0.15, 0.2) is 0 Å². The van der Waals surface area contributed by atoms with Gasteiger partial charge in [0.05, 0.1) is 12.1 Å². The number of nitrogens with two attached hydrogens (primary N) is 1. The van der Waals surface area contributed by atoms with Gasteiger partial charge >= 0.3 is 0 Å². The number of carbonyl (C=O) groups excluding carboxylic acids is 1. The molecular weight excluding hydrogens is 282 g/mol. The molecule has 1 heterocycles. The van der Waals surface area contributed by atoms with E-state index in [1.54, 1.807) is 6.20 Å². The first-order chi connectivity index (χ1) is 8.18. The number of nitrogens with one attached hydrogen (secondary N) is 1. The molecule has 0 radical (unpaired) electrons. The van der Waals surface area contributed by atoms with E-state index in [1.165, 1.54) is 0 Å². The van der Waals surface area contributed by atoms with Crippen molar-refractivity contribution in [1.29, 1.82) is 0 Å². The van der Waals surface area contributed by atoms with Crippen LogP contribution in [0.1, 0.15) is 5.56 Å². The minimum Gasteiger partial charge on any atom is -0.369 e. The summed E-state index contributed by atoms with van der Waals surface area (Å²) in [6.07, 6.45) is 1.76. The number of carbonyl (C=O) groups is 1. The Labute approximate surface area is 107 Å². The fourth-order valence-corrected chi connectivity index (χ4v) is 2.11. The first-order valence-corrected chi connectivity index (χ1v) is 5.99. The fourth-order valence-electron chi connectivity index (χ4n) is 1.66. The maximum Gasteiger partial charge on any atom is 0.231 e. The molecule has 0 spiro atoms. The third-order valence-corrected chi connectivity index (χ3v) is 3.11. The summed E-state index contributed by atoms with van der Waals surface area (Å²) in [4.78, 5) is 15.0. The van der Waals surface area contributed by atoms with E-state index in [0.717, 1.165) is 20.9 Å². The monoisotopic (exact) mass is 293 g/mol. The SMILES string of the molecule is NC(=O)CNCc1ccc(Br)c2cccnc12. The molecule has 0 saturated heterocycles. The number of pyridine rings is 1. The van der Waals surface area contributed by atoms with Crippen LogP contribution in [0.15, 0.2) is 34.9 Å². The number of rotatable bonds is 4. The zero-order chi connectivity index (χ0) is 12.3. The van der Waals surface area contributed by atoms with Crippen LogP contribution in [-0.2, 0) is 11.3 Å². The average Bonchev–Trinajstić information content (AvgIpc) is 2.32. The Bertz CT molecular complexity index is 556. The van der Waals surface area contributed by atoms with Crippen molar-refractivity contribution in [3.63, 3.8) is 0 Å². The Morgan fingerprint density at radius 3 is 3.00 bits per heavy atom. The van der Waals surface area contributed by atoms with Crippen LogP contribution in [0.25, 0.3) is 10.9 Å². The minimum absolute atomic E-state index is 0.171. The summed E-state index contributed by atoms with van der Waals surface area (Å²) in [6, 6.07) is 7.86. The summed E-state index contributed by atoms with van der Waals surface area (Å²) in [5.74, 6) is -0.362. The second-order valence-electron chi connectivity index (χ2n) is 3.68. The van der Waals surface area contributed by atoms with Crippen LogP contribution in [0.5, 0.6) is 0 Å². The van der Waals surface area contributed by atoms with E-state index in [9.17, 15) is 4.79 Å². The van der Waals surface area contributed by atoms with Crippen molar-refractivity contribution in [2.24, 2.45) is 5.73 Å². The molecular formula is C12H12BrN3O. The number of hydrogen-bond acceptors (Lipinski definition) is 3. The standard InChI is InChI=1S/C12H12BrN3O/c13-10-4-3-8(6-15-7-11(14)17)12-9(10)2-1-5-16-12/h1-5,15H,6-7H2,(H2,14,17). The predicted molar refractivity (Wildman–Crippen MR) is 70.3 cm³/mol. The van der Waals surface area contributed by atoms with Crippen LogP contribution >= 0.6 is 15.9 Å². The Morgan fingerprint density at radius 1 is 1.41 bits per heavy atom. The third kappa shape index (κ3) is 2.81. The number of aromatic nitrogens is 1. The molecule has 0 aliphatic carbocycles. The van der Waals surface area contributed by atoms with Gasteiger partial charge in [-0.1, -0.05) is 28.1 Å². The van der Waals surface area contributed by atoms with E-state index in [0.29, 0.717) is 6.54 Å². The summed E-state index contributed by atoms with van der Waals surface area (Å²) in [7, 11) is 0. The zero-order valence-corrected chi connectivity index (χ0v) is 10.7. The lowest BCUT2D eigenvalue weighted by Crippen LogP contribution is -2.28. The highest BCUT2D eigenvalue weighted by atomic mass is 79.9. The fraction of sp³-hybridized carbons (Fsp3) is 0.167. The van der Waals surface area contributed by atoms with Gasteiger partial charge in [-0.05, 0) is 17.7 Å². The van der Waals surface area contributed by atoms with Crippen molar-refractivity contribution >= 4 is 32.7 Å². The smallest absolute Gasteiger partial charge is 0.231 e. The van der Waals surface area contributed by atoms with Gasteiger partial charge in [0.1, 0.15) is 0 Å². The van der Waals surface area contributed by atoms with Gasteiger partial charge in [0, 0.05) is 22.6 Å². The number of fused-ring (bicyclic) bond motifs is 1. The van der Waals surface area contributed by atoms with Crippen molar-refractivity contribution in [3.8, 4) is 0 Å². The van der Waals surface area contributed by atoms with Crippen LogP contribution in [-0.4, -0.2) is 17.4 Å². The molecule has 88 valence electrons. The Morgan fingerprint density at radius 2 is 2.24 bits per heavy atom. The molecule has 1 aromatic carbocycles. The highest BCUT2D eigenvalue weighted by Gasteiger charge is 2.05. The van der Waals surface area contributed by atoms with E-state index >= 15 is 0 Å². The van der Waals surface area contributed by atoms with Gasteiger partial charge in [0.25, 0.3) is 0 Å². The molecule has 5 heteroatoms. The highest BCUT2D eigenvalue weighted by molar-refractivity contribution is 9.10. The quantitative estimate of drug-likeness (QED) is 0.899. The molecule has 4 nitrogen and oxygen atoms in total. The highest BCUT2D eigenvalue weighted by Crippen LogP contribution is 2.24. The third-order valence-electron chi connectivity index (χ3n) is 2.41. The maximum absolute atomic E-state index is 10.6. The molecule has 1 amide bonds. The molecule has 0 fully saturated rings. The summed E-state index contributed by atoms with van der Waals surface area (Å²) in [5.41, 5.74) is 7.04. The van der Waals surface area contributed by atoms with Crippen LogP contribution in [0.4, 0.5) is 0 Å². The first-order valence-electron chi connectivity index (χ1n) is 5.19. The number of halogens is 1. The Kier molecular flexibility index (Phi) is 3.71. The zero-order valence-electron chi connectivity index (χ0n) is 9.11. The molecule has 0 atom stereocenters. The van der Waals surface area contributed by atoms with Crippen molar-refractivity contribution in [2.75, 3.05) is 6.54 Å². The van der Waals surface area contributed by atoms with Gasteiger partial charge in [-0.15, -0.1) is 0 Å². The van der Waals surface area contributed by atoms with Gasteiger partial charge in [-0.2, -0.15) is 0 Å². The van der Waals surface area contributed by atoms with Crippen LogP contribution in [0.3, 0.4) is 0 Å². The molecule has 2 rings (SSSR count).